The summed E-state index contributed by atoms with van der Waals surface area (Å²) in [5.74, 6) is -0.0446. The standard InChI is InChI=1S/C76H147NO5/c1-3-5-7-9-11-13-15-17-46-50-54-58-62-66-70-76(81)82-71-67-63-59-55-51-47-44-42-40-38-36-34-32-30-28-26-24-22-20-18-19-21-23-25-27-29-31-33-35-37-39-41-43-45-49-53-57-61-65-69-75(80)77-73(72-78)74(79)68-64-60-56-52-48-16-14-12-10-8-6-4-2/h15,17,64,68,73-74,78-79H,3-14,16,18-63,65-67,69-72H2,1-2H3,(H,77,80)/b17-15-,68-64+. The van der Waals surface area contributed by atoms with E-state index in [0.717, 1.165) is 44.9 Å². The number of hydrogen-bond acceptors (Lipinski definition) is 5. The van der Waals surface area contributed by atoms with E-state index in [9.17, 15) is 19.8 Å². The molecule has 0 aromatic carbocycles. The van der Waals surface area contributed by atoms with Gasteiger partial charge in [0, 0.05) is 12.8 Å². The van der Waals surface area contributed by atoms with Gasteiger partial charge in [0.05, 0.1) is 25.4 Å². The van der Waals surface area contributed by atoms with Crippen molar-refractivity contribution >= 4 is 11.9 Å². The molecule has 0 aromatic rings. The Morgan fingerprint density at radius 3 is 0.866 bits per heavy atom. The third-order valence-electron chi connectivity index (χ3n) is 17.7. The molecule has 6 heteroatoms. The molecular formula is C76H147NO5. The number of allylic oxidation sites excluding steroid dienone is 3. The Kier molecular flexibility index (Phi) is 70.4. The highest BCUT2D eigenvalue weighted by molar-refractivity contribution is 5.76. The van der Waals surface area contributed by atoms with E-state index in [1.54, 1.807) is 6.08 Å². The van der Waals surface area contributed by atoms with Crippen LogP contribution in [0.4, 0.5) is 0 Å². The van der Waals surface area contributed by atoms with Crippen molar-refractivity contribution in [2.45, 2.75) is 437 Å². The summed E-state index contributed by atoms with van der Waals surface area (Å²) in [4.78, 5) is 24.5. The van der Waals surface area contributed by atoms with Gasteiger partial charge in [0.15, 0.2) is 0 Å². The van der Waals surface area contributed by atoms with Gasteiger partial charge in [0.1, 0.15) is 0 Å². The molecule has 0 spiro atoms. The van der Waals surface area contributed by atoms with Crippen molar-refractivity contribution in [2.24, 2.45) is 0 Å². The maximum absolute atomic E-state index is 12.5. The number of ether oxygens (including phenoxy) is 1. The lowest BCUT2D eigenvalue weighted by atomic mass is 10.0. The molecular weight excluding hydrogens is 1010 g/mol. The maximum atomic E-state index is 12.5. The largest absolute Gasteiger partial charge is 0.466 e. The van der Waals surface area contributed by atoms with Gasteiger partial charge in [-0.25, -0.2) is 0 Å². The number of amides is 1. The number of nitrogens with one attached hydrogen (secondary N) is 1. The van der Waals surface area contributed by atoms with Crippen LogP contribution in [0.3, 0.4) is 0 Å². The van der Waals surface area contributed by atoms with Crippen LogP contribution in [0.5, 0.6) is 0 Å². The van der Waals surface area contributed by atoms with E-state index in [2.05, 4.69) is 31.3 Å². The quantitative estimate of drug-likeness (QED) is 0.0320. The minimum Gasteiger partial charge on any atom is -0.466 e. The Hall–Kier alpha value is -1.66. The zero-order chi connectivity index (χ0) is 59.2. The Morgan fingerprint density at radius 2 is 0.573 bits per heavy atom. The molecule has 82 heavy (non-hydrogen) atoms. The monoisotopic (exact) mass is 1150 g/mol. The van der Waals surface area contributed by atoms with Crippen molar-refractivity contribution in [3.05, 3.63) is 24.3 Å². The Morgan fingerprint density at radius 1 is 0.329 bits per heavy atom. The minimum absolute atomic E-state index is 0.0159. The van der Waals surface area contributed by atoms with Crippen LogP contribution in [0.1, 0.15) is 425 Å². The Bertz CT molecular complexity index is 1280. The first-order valence-electron chi connectivity index (χ1n) is 37.6. The lowest BCUT2D eigenvalue weighted by Crippen LogP contribution is -2.45. The highest BCUT2D eigenvalue weighted by atomic mass is 16.5. The minimum atomic E-state index is -0.838. The first-order chi connectivity index (χ1) is 40.5. The van der Waals surface area contributed by atoms with Gasteiger partial charge in [-0.05, 0) is 57.8 Å². The van der Waals surface area contributed by atoms with Crippen molar-refractivity contribution in [1.82, 2.24) is 5.32 Å². The van der Waals surface area contributed by atoms with E-state index in [1.165, 1.54) is 353 Å². The highest BCUT2D eigenvalue weighted by Crippen LogP contribution is 2.19. The summed E-state index contributed by atoms with van der Waals surface area (Å²) in [7, 11) is 0. The predicted octanol–water partition coefficient (Wildman–Crippen LogP) is 24.5. The zero-order valence-corrected chi connectivity index (χ0v) is 55.8. The number of hydrogen-bond donors (Lipinski definition) is 3. The molecule has 6 nitrogen and oxygen atoms in total. The van der Waals surface area contributed by atoms with Crippen LogP contribution in [0.15, 0.2) is 24.3 Å². The molecule has 0 radical (unpaired) electrons. The molecule has 0 bridgehead atoms. The third-order valence-corrected chi connectivity index (χ3v) is 17.7. The average Bonchev–Trinajstić information content (AvgIpc) is 3.48. The van der Waals surface area contributed by atoms with E-state index in [4.69, 9.17) is 4.74 Å². The van der Waals surface area contributed by atoms with E-state index in [-0.39, 0.29) is 18.5 Å². The van der Waals surface area contributed by atoms with Crippen LogP contribution in [0.25, 0.3) is 0 Å². The molecule has 0 aliphatic carbocycles. The first kappa shape index (κ1) is 80.3. The molecule has 0 heterocycles. The van der Waals surface area contributed by atoms with Crippen LogP contribution < -0.4 is 5.32 Å². The van der Waals surface area contributed by atoms with Crippen LogP contribution in [-0.2, 0) is 14.3 Å². The fourth-order valence-corrected chi connectivity index (χ4v) is 12.0. The van der Waals surface area contributed by atoms with E-state index >= 15 is 0 Å². The van der Waals surface area contributed by atoms with Gasteiger partial charge in [-0.2, -0.15) is 0 Å². The molecule has 0 saturated heterocycles. The topological polar surface area (TPSA) is 95.9 Å². The summed E-state index contributed by atoms with van der Waals surface area (Å²) in [5, 5.41) is 23.1. The third kappa shape index (κ3) is 67.5. The lowest BCUT2D eigenvalue weighted by Gasteiger charge is -2.20. The zero-order valence-electron chi connectivity index (χ0n) is 55.8. The first-order valence-corrected chi connectivity index (χ1v) is 37.6. The molecule has 1 amide bonds. The SMILES string of the molecule is CCCCCCC/C=C\CCCCCCCC(=O)OCCCCCCCCCCCCCCCCCCCCCCCCCCCCCCCCCCCCCCCCCC(=O)NC(CO)C(O)/C=C/CCCCCCCCCCCC. The summed E-state index contributed by atoms with van der Waals surface area (Å²) in [6.45, 7) is 4.92. The predicted molar refractivity (Wildman–Crippen MR) is 361 cm³/mol. The van der Waals surface area contributed by atoms with Gasteiger partial charge >= 0.3 is 5.97 Å². The van der Waals surface area contributed by atoms with Crippen LogP contribution in [0.2, 0.25) is 0 Å². The molecule has 0 aliphatic heterocycles. The number of rotatable bonds is 71. The second kappa shape index (κ2) is 71.8. The maximum Gasteiger partial charge on any atom is 0.305 e. The highest BCUT2D eigenvalue weighted by Gasteiger charge is 2.18. The Balaban J connectivity index is 3.28. The summed E-state index contributed by atoms with van der Waals surface area (Å²) in [5.41, 5.74) is 0. The number of aliphatic hydroxyl groups excluding tert-OH is 2. The summed E-state index contributed by atoms with van der Waals surface area (Å²) in [6.07, 6.45) is 91.6. The van der Waals surface area contributed by atoms with Gasteiger partial charge in [0.25, 0.3) is 0 Å². The van der Waals surface area contributed by atoms with Crippen molar-refractivity contribution in [1.29, 1.82) is 0 Å². The summed E-state index contributed by atoms with van der Waals surface area (Å²) in [6, 6.07) is -0.621. The summed E-state index contributed by atoms with van der Waals surface area (Å²) < 4.78 is 5.49. The fraction of sp³-hybridized carbons (Fsp3) is 0.921. The number of unbranched alkanes of at least 4 members (excludes halogenated alkanes) is 58. The molecule has 3 N–H and O–H groups in total. The smallest absolute Gasteiger partial charge is 0.305 e. The second-order valence-electron chi connectivity index (χ2n) is 26.0. The lowest BCUT2D eigenvalue weighted by molar-refractivity contribution is -0.143. The molecule has 486 valence electrons. The molecule has 0 aromatic heterocycles. The van der Waals surface area contributed by atoms with Crippen LogP contribution in [0, 0.1) is 0 Å². The number of esters is 1. The van der Waals surface area contributed by atoms with Gasteiger partial charge in [-0.3, -0.25) is 9.59 Å². The van der Waals surface area contributed by atoms with Crippen LogP contribution in [-0.4, -0.2) is 47.4 Å². The van der Waals surface area contributed by atoms with Gasteiger partial charge in [-0.15, -0.1) is 0 Å². The molecule has 2 unspecified atom stereocenters. The normalized spacial score (nSPS) is 12.6. The van der Waals surface area contributed by atoms with Crippen molar-refractivity contribution in [2.75, 3.05) is 13.2 Å². The number of carbonyl (C=O) groups is 2. The van der Waals surface area contributed by atoms with E-state index < -0.39 is 12.1 Å². The number of aliphatic hydroxyl groups is 2. The van der Waals surface area contributed by atoms with Gasteiger partial charge < -0.3 is 20.3 Å². The number of carbonyl (C=O) groups excluding carboxylic acids is 2. The van der Waals surface area contributed by atoms with Crippen LogP contribution >= 0.6 is 0 Å². The Labute approximate surface area is 513 Å². The summed E-state index contributed by atoms with van der Waals surface area (Å²) >= 11 is 0. The van der Waals surface area contributed by atoms with Crippen molar-refractivity contribution in [3.63, 3.8) is 0 Å². The van der Waals surface area contributed by atoms with E-state index in [1.807, 2.05) is 6.08 Å². The average molecular weight is 1160 g/mol. The molecule has 0 rings (SSSR count). The van der Waals surface area contributed by atoms with Crippen molar-refractivity contribution < 1.29 is 24.5 Å². The van der Waals surface area contributed by atoms with E-state index in [0.29, 0.717) is 19.4 Å². The van der Waals surface area contributed by atoms with Gasteiger partial charge in [0.2, 0.25) is 5.91 Å². The van der Waals surface area contributed by atoms with Gasteiger partial charge in [-0.1, -0.05) is 378 Å². The molecule has 0 aliphatic rings. The second-order valence-corrected chi connectivity index (χ2v) is 26.0. The fourth-order valence-electron chi connectivity index (χ4n) is 12.0. The molecule has 0 saturated carbocycles. The molecule has 0 fully saturated rings. The molecule has 2 atom stereocenters. The van der Waals surface area contributed by atoms with Crippen molar-refractivity contribution in [3.8, 4) is 0 Å².